The van der Waals surface area contributed by atoms with Crippen molar-refractivity contribution in [2.45, 2.75) is 26.4 Å². The summed E-state index contributed by atoms with van der Waals surface area (Å²) in [6.45, 7) is 3.93. The van der Waals surface area contributed by atoms with Gasteiger partial charge in [0.1, 0.15) is 5.76 Å². The van der Waals surface area contributed by atoms with Crippen LogP contribution in [0.15, 0.2) is 72.7 Å². The Kier molecular flexibility index (Phi) is 5.14. The van der Waals surface area contributed by atoms with Crippen molar-refractivity contribution >= 4 is 17.4 Å². The second kappa shape index (κ2) is 7.91. The minimum Gasteiger partial charge on any atom is -0.507 e. The molecule has 1 fully saturated rings. The first kappa shape index (κ1) is 19.5. The van der Waals surface area contributed by atoms with Crippen molar-refractivity contribution in [2.24, 2.45) is 0 Å². The Morgan fingerprint density at radius 3 is 2.50 bits per heavy atom. The fourth-order valence-corrected chi connectivity index (χ4v) is 3.74. The lowest BCUT2D eigenvalue weighted by molar-refractivity contribution is -0.140. The lowest BCUT2D eigenvalue weighted by Crippen LogP contribution is -2.29. The molecule has 3 aromatic rings. The first-order valence-corrected chi connectivity index (χ1v) is 9.63. The average molecular weight is 399 g/mol. The van der Waals surface area contributed by atoms with Crippen molar-refractivity contribution in [3.05, 3.63) is 101 Å². The Hall–Kier alpha value is -3.80. The number of nitrogens with zero attached hydrogens (tertiary/aromatic N) is 3. The molecular weight excluding hydrogens is 378 g/mol. The molecule has 1 atom stereocenters. The van der Waals surface area contributed by atoms with Crippen LogP contribution in [0, 0.1) is 13.8 Å². The second-order valence-electron chi connectivity index (χ2n) is 7.35. The monoisotopic (exact) mass is 399 g/mol. The van der Waals surface area contributed by atoms with Gasteiger partial charge < -0.3 is 10.0 Å². The maximum Gasteiger partial charge on any atom is 0.296 e. The highest BCUT2D eigenvalue weighted by atomic mass is 16.3. The maximum absolute atomic E-state index is 13.1. The molecule has 0 bridgehead atoms. The number of aryl methyl sites for hydroxylation is 2. The first-order valence-electron chi connectivity index (χ1n) is 9.63. The summed E-state index contributed by atoms with van der Waals surface area (Å²) in [4.78, 5) is 35.8. The second-order valence-corrected chi connectivity index (χ2v) is 7.35. The smallest absolute Gasteiger partial charge is 0.296 e. The molecule has 3 heterocycles. The summed E-state index contributed by atoms with van der Waals surface area (Å²) in [7, 11) is 0. The number of rotatable bonds is 4. The third-order valence-corrected chi connectivity index (χ3v) is 5.27. The standard InChI is InChI=1S/C24H21N3O3/c1-15-6-7-16(2)19(13-15)22(28)20-21(17-8-11-25-12-9-17)27(24(30)23(20)29)14-18-5-3-4-10-26-18/h3-13,21,28H,14H2,1-2H3/b22-20+. The normalized spacial score (nSPS) is 18.1. The Morgan fingerprint density at radius 1 is 1.03 bits per heavy atom. The van der Waals surface area contributed by atoms with E-state index in [1.165, 1.54) is 4.90 Å². The molecule has 0 radical (unpaired) electrons. The van der Waals surface area contributed by atoms with E-state index in [0.29, 0.717) is 16.8 Å². The zero-order valence-electron chi connectivity index (χ0n) is 16.7. The number of aliphatic hydroxyl groups is 1. The van der Waals surface area contributed by atoms with Crippen LogP contribution >= 0.6 is 0 Å². The van der Waals surface area contributed by atoms with E-state index in [-0.39, 0.29) is 17.9 Å². The number of likely N-dealkylation sites (tertiary alicyclic amines) is 1. The molecule has 2 aromatic heterocycles. The van der Waals surface area contributed by atoms with Gasteiger partial charge in [0.05, 0.1) is 23.9 Å². The fraction of sp³-hybridized carbons (Fsp3) is 0.167. The van der Waals surface area contributed by atoms with Crippen molar-refractivity contribution in [3.8, 4) is 0 Å². The van der Waals surface area contributed by atoms with Crippen molar-refractivity contribution < 1.29 is 14.7 Å². The van der Waals surface area contributed by atoms with E-state index in [4.69, 9.17) is 0 Å². The quantitative estimate of drug-likeness (QED) is 0.411. The summed E-state index contributed by atoms with van der Waals surface area (Å²) in [5, 5.41) is 11.2. The van der Waals surface area contributed by atoms with Crippen LogP contribution in [0.1, 0.15) is 34.0 Å². The number of carbonyl (C=O) groups excluding carboxylic acids is 2. The van der Waals surface area contributed by atoms with E-state index in [0.717, 1.165) is 11.1 Å². The lowest BCUT2D eigenvalue weighted by atomic mass is 9.93. The topological polar surface area (TPSA) is 83.4 Å². The molecule has 1 amide bonds. The average Bonchev–Trinajstić information content (AvgIpc) is 3.01. The van der Waals surface area contributed by atoms with Crippen LogP contribution in [0.25, 0.3) is 5.76 Å². The van der Waals surface area contributed by atoms with Gasteiger partial charge in [-0.1, -0.05) is 23.8 Å². The Labute approximate surface area is 174 Å². The number of pyridine rings is 2. The molecule has 1 unspecified atom stereocenters. The first-order chi connectivity index (χ1) is 14.5. The molecule has 1 aliphatic rings. The van der Waals surface area contributed by atoms with Crippen LogP contribution in [-0.2, 0) is 16.1 Å². The minimum atomic E-state index is -0.727. The number of aliphatic hydroxyl groups excluding tert-OH is 1. The van der Waals surface area contributed by atoms with Gasteiger partial charge in [-0.3, -0.25) is 19.6 Å². The van der Waals surface area contributed by atoms with Crippen LogP contribution in [-0.4, -0.2) is 31.7 Å². The largest absolute Gasteiger partial charge is 0.507 e. The number of ketones is 1. The van der Waals surface area contributed by atoms with Gasteiger partial charge in [-0.05, 0) is 55.3 Å². The molecule has 30 heavy (non-hydrogen) atoms. The predicted octanol–water partition coefficient (Wildman–Crippen LogP) is 3.72. The zero-order valence-corrected chi connectivity index (χ0v) is 16.7. The van der Waals surface area contributed by atoms with Gasteiger partial charge in [-0.2, -0.15) is 0 Å². The Morgan fingerprint density at radius 2 is 1.80 bits per heavy atom. The molecule has 0 saturated carbocycles. The minimum absolute atomic E-state index is 0.0795. The van der Waals surface area contributed by atoms with Crippen LogP contribution in [0.5, 0.6) is 0 Å². The van der Waals surface area contributed by atoms with Crippen LogP contribution in [0.2, 0.25) is 0 Å². The number of hydrogen-bond donors (Lipinski definition) is 1. The summed E-state index contributed by atoms with van der Waals surface area (Å²) in [6, 6.07) is 13.8. The molecule has 150 valence electrons. The van der Waals surface area contributed by atoms with E-state index in [1.54, 1.807) is 42.9 Å². The number of carbonyl (C=O) groups is 2. The highest BCUT2D eigenvalue weighted by Gasteiger charge is 2.46. The molecule has 1 aromatic carbocycles. The van der Waals surface area contributed by atoms with E-state index in [9.17, 15) is 14.7 Å². The van der Waals surface area contributed by atoms with Gasteiger partial charge in [-0.25, -0.2) is 0 Å². The van der Waals surface area contributed by atoms with E-state index >= 15 is 0 Å². The SMILES string of the molecule is Cc1ccc(C)c(/C(O)=C2\C(=O)C(=O)N(Cc3ccccn3)C2c2ccncc2)c1. The maximum atomic E-state index is 13.1. The van der Waals surface area contributed by atoms with Crippen molar-refractivity contribution in [3.63, 3.8) is 0 Å². The van der Waals surface area contributed by atoms with Crippen LogP contribution in [0.3, 0.4) is 0 Å². The molecule has 6 heteroatoms. The van der Waals surface area contributed by atoms with Gasteiger partial charge in [0.2, 0.25) is 0 Å². The Balaban J connectivity index is 1.89. The van der Waals surface area contributed by atoms with E-state index in [2.05, 4.69) is 9.97 Å². The van der Waals surface area contributed by atoms with Gasteiger partial charge in [0, 0.05) is 24.2 Å². The number of benzene rings is 1. The van der Waals surface area contributed by atoms with E-state index in [1.807, 2.05) is 38.1 Å². The molecule has 0 spiro atoms. The molecule has 1 aliphatic heterocycles. The van der Waals surface area contributed by atoms with Crippen LogP contribution < -0.4 is 0 Å². The van der Waals surface area contributed by atoms with Crippen LogP contribution in [0.4, 0.5) is 0 Å². The van der Waals surface area contributed by atoms with Gasteiger partial charge in [0.15, 0.2) is 0 Å². The highest BCUT2D eigenvalue weighted by molar-refractivity contribution is 6.46. The van der Waals surface area contributed by atoms with Crippen molar-refractivity contribution in [1.82, 2.24) is 14.9 Å². The molecule has 4 rings (SSSR count). The summed E-state index contributed by atoms with van der Waals surface area (Å²) >= 11 is 0. The third-order valence-electron chi connectivity index (χ3n) is 5.27. The molecule has 0 aliphatic carbocycles. The molecule has 1 N–H and O–H groups in total. The summed E-state index contributed by atoms with van der Waals surface area (Å²) in [5.74, 6) is -1.53. The summed E-state index contributed by atoms with van der Waals surface area (Å²) < 4.78 is 0. The van der Waals surface area contributed by atoms with Gasteiger partial charge >= 0.3 is 0 Å². The predicted molar refractivity (Wildman–Crippen MR) is 112 cm³/mol. The highest BCUT2D eigenvalue weighted by Crippen LogP contribution is 2.40. The van der Waals surface area contributed by atoms with Gasteiger partial charge in [-0.15, -0.1) is 0 Å². The number of amides is 1. The Bertz CT molecular complexity index is 1140. The fourth-order valence-electron chi connectivity index (χ4n) is 3.74. The van der Waals surface area contributed by atoms with Gasteiger partial charge in [0.25, 0.3) is 11.7 Å². The molecule has 1 saturated heterocycles. The number of Topliss-reactive ketones (excluding diaryl/α,β-unsaturated/α-hetero) is 1. The van der Waals surface area contributed by atoms with Crippen molar-refractivity contribution in [1.29, 1.82) is 0 Å². The molecule has 6 nitrogen and oxygen atoms in total. The third kappa shape index (κ3) is 3.48. The number of hydrogen-bond acceptors (Lipinski definition) is 5. The summed E-state index contributed by atoms with van der Waals surface area (Å²) in [5.41, 5.74) is 3.76. The number of aromatic nitrogens is 2. The lowest BCUT2D eigenvalue weighted by Gasteiger charge is -2.25. The zero-order chi connectivity index (χ0) is 21.3. The van der Waals surface area contributed by atoms with E-state index < -0.39 is 17.7 Å². The summed E-state index contributed by atoms with van der Waals surface area (Å²) in [6.07, 6.45) is 4.85. The molecular formula is C24H21N3O3. The van der Waals surface area contributed by atoms with Crippen molar-refractivity contribution in [2.75, 3.05) is 0 Å².